The van der Waals surface area contributed by atoms with E-state index in [4.69, 9.17) is 9.47 Å². The highest BCUT2D eigenvalue weighted by Crippen LogP contribution is 2.19. The average molecular weight is 459 g/mol. The third-order valence-corrected chi connectivity index (χ3v) is 5.58. The van der Waals surface area contributed by atoms with Crippen molar-refractivity contribution in [2.75, 3.05) is 13.2 Å². The van der Waals surface area contributed by atoms with Gasteiger partial charge < -0.3 is 28.8 Å². The van der Waals surface area contributed by atoms with Crippen LogP contribution in [0.4, 0.5) is 0 Å². The molecule has 8 nitrogen and oxygen atoms in total. The smallest absolute Gasteiger partial charge is 0.119 e. The zero-order valence-corrected chi connectivity index (χ0v) is 18.6. The van der Waals surface area contributed by atoms with Gasteiger partial charge in [0.25, 0.3) is 0 Å². The number of aromatic nitrogens is 4. The lowest BCUT2D eigenvalue weighted by Gasteiger charge is -2.15. The summed E-state index contributed by atoms with van der Waals surface area (Å²) in [6.45, 7) is 1.10. The number of imidazole rings is 2. The monoisotopic (exact) mass is 458 g/mol. The molecule has 2 aromatic heterocycles. The molecular formula is C26H26N4O4. The van der Waals surface area contributed by atoms with Crippen LogP contribution in [0.1, 0.15) is 0 Å². The molecule has 0 radical (unpaired) electrons. The minimum absolute atomic E-state index is 0.157. The van der Waals surface area contributed by atoms with Crippen LogP contribution in [0.3, 0.4) is 0 Å². The van der Waals surface area contributed by atoms with Crippen molar-refractivity contribution in [1.29, 1.82) is 0 Å². The van der Waals surface area contributed by atoms with Crippen molar-refractivity contribution in [1.82, 2.24) is 19.1 Å². The zero-order valence-electron chi connectivity index (χ0n) is 18.6. The Hall–Kier alpha value is -3.88. The van der Waals surface area contributed by atoms with Crippen molar-refractivity contribution >= 4 is 22.1 Å². The Morgan fingerprint density at radius 2 is 1.03 bits per heavy atom. The molecule has 0 aliphatic carbocycles. The number of para-hydroxylation sites is 4. The molecule has 0 unspecified atom stereocenters. The van der Waals surface area contributed by atoms with E-state index in [1.807, 2.05) is 57.7 Å². The van der Waals surface area contributed by atoms with E-state index in [0.29, 0.717) is 24.6 Å². The predicted octanol–water partition coefficient (Wildman–Crippen LogP) is 3.27. The van der Waals surface area contributed by atoms with Crippen LogP contribution in [0.5, 0.6) is 11.5 Å². The minimum Gasteiger partial charge on any atom is -0.491 e. The summed E-state index contributed by atoms with van der Waals surface area (Å²) in [7, 11) is 0. The van der Waals surface area contributed by atoms with Crippen LogP contribution in [0.2, 0.25) is 0 Å². The molecule has 0 saturated heterocycles. The van der Waals surface area contributed by atoms with Gasteiger partial charge in [0.15, 0.2) is 0 Å². The van der Waals surface area contributed by atoms with Gasteiger partial charge in [-0.3, -0.25) is 0 Å². The van der Waals surface area contributed by atoms with Crippen molar-refractivity contribution in [2.24, 2.45) is 0 Å². The first-order valence-corrected chi connectivity index (χ1v) is 11.2. The fraction of sp³-hybridized carbons (Fsp3) is 0.231. The van der Waals surface area contributed by atoms with E-state index < -0.39 is 12.2 Å². The van der Waals surface area contributed by atoms with Crippen molar-refractivity contribution in [2.45, 2.75) is 25.3 Å². The van der Waals surface area contributed by atoms with E-state index in [1.54, 1.807) is 36.9 Å². The van der Waals surface area contributed by atoms with Crippen LogP contribution < -0.4 is 9.47 Å². The summed E-state index contributed by atoms with van der Waals surface area (Å²) < 4.78 is 15.3. The largest absolute Gasteiger partial charge is 0.491 e. The van der Waals surface area contributed by atoms with E-state index >= 15 is 0 Å². The van der Waals surface area contributed by atoms with Gasteiger partial charge in [0.1, 0.15) is 36.9 Å². The molecule has 0 fully saturated rings. The SMILES string of the molecule is O[C@@H](COc1ccc(OC[C@H](O)Cn2cnc3ccccc32)cc1)Cn1cnc2ccccc21. The second kappa shape index (κ2) is 9.94. The molecule has 0 aliphatic rings. The number of benzene rings is 3. The van der Waals surface area contributed by atoms with Crippen molar-refractivity contribution in [3.8, 4) is 11.5 Å². The van der Waals surface area contributed by atoms with Gasteiger partial charge >= 0.3 is 0 Å². The molecule has 2 heterocycles. The number of fused-ring (bicyclic) bond motifs is 2. The van der Waals surface area contributed by atoms with Gasteiger partial charge in [-0.1, -0.05) is 24.3 Å². The predicted molar refractivity (Wildman–Crippen MR) is 129 cm³/mol. The molecule has 2 atom stereocenters. The Kier molecular flexibility index (Phi) is 6.42. The van der Waals surface area contributed by atoms with Crippen molar-refractivity contribution in [3.63, 3.8) is 0 Å². The highest BCUT2D eigenvalue weighted by atomic mass is 16.5. The standard InChI is InChI=1S/C26H26N4O4/c31-19(13-29-17-27-23-5-1-3-7-25(23)29)15-33-21-9-11-22(12-10-21)34-16-20(32)14-30-18-28-24-6-2-4-8-26(24)30/h1-12,17-20,31-32H,13-16H2/t19-,20-/m1/s1. The normalized spacial score (nSPS) is 13.2. The van der Waals surface area contributed by atoms with Gasteiger partial charge in [0, 0.05) is 0 Å². The highest BCUT2D eigenvalue weighted by molar-refractivity contribution is 5.75. The van der Waals surface area contributed by atoms with E-state index in [9.17, 15) is 10.2 Å². The van der Waals surface area contributed by atoms with E-state index in [0.717, 1.165) is 22.1 Å². The number of nitrogens with zero attached hydrogens (tertiary/aromatic N) is 4. The third kappa shape index (κ3) is 5.03. The molecule has 2 N–H and O–H groups in total. The quantitative estimate of drug-likeness (QED) is 0.334. The molecule has 8 heteroatoms. The van der Waals surface area contributed by atoms with Crippen LogP contribution in [0.25, 0.3) is 22.1 Å². The number of ether oxygens (including phenoxy) is 2. The van der Waals surface area contributed by atoms with Gasteiger partial charge in [0.05, 0.1) is 47.8 Å². The molecule has 174 valence electrons. The lowest BCUT2D eigenvalue weighted by atomic mass is 10.3. The average Bonchev–Trinajstić information content (AvgIpc) is 3.46. The van der Waals surface area contributed by atoms with Gasteiger partial charge in [-0.05, 0) is 48.5 Å². The summed E-state index contributed by atoms with van der Waals surface area (Å²) in [5.74, 6) is 1.26. The summed E-state index contributed by atoms with van der Waals surface area (Å²) in [6.07, 6.45) is 2.10. The molecule has 3 aromatic carbocycles. The minimum atomic E-state index is -0.678. The zero-order chi connectivity index (χ0) is 23.3. The third-order valence-electron chi connectivity index (χ3n) is 5.58. The van der Waals surface area contributed by atoms with Gasteiger partial charge in [-0.2, -0.15) is 0 Å². The Balaban J connectivity index is 1.08. The molecular weight excluding hydrogens is 432 g/mol. The van der Waals surface area contributed by atoms with Crippen LogP contribution in [0, 0.1) is 0 Å². The summed E-state index contributed by atoms with van der Waals surface area (Å²) in [6, 6.07) is 22.7. The van der Waals surface area contributed by atoms with Gasteiger partial charge in [0.2, 0.25) is 0 Å². The molecule has 0 bridgehead atoms. The lowest BCUT2D eigenvalue weighted by molar-refractivity contribution is 0.0916. The number of hydrogen-bond acceptors (Lipinski definition) is 6. The lowest BCUT2D eigenvalue weighted by Crippen LogP contribution is -2.23. The van der Waals surface area contributed by atoms with Crippen molar-refractivity contribution < 1.29 is 19.7 Å². The first kappa shape index (κ1) is 21.9. The Morgan fingerprint density at radius 3 is 1.47 bits per heavy atom. The highest BCUT2D eigenvalue weighted by Gasteiger charge is 2.11. The summed E-state index contributed by atoms with van der Waals surface area (Å²) in [4.78, 5) is 8.68. The van der Waals surface area contributed by atoms with Gasteiger partial charge in [-0.15, -0.1) is 0 Å². The Labute approximate surface area is 196 Å². The molecule has 34 heavy (non-hydrogen) atoms. The first-order chi connectivity index (χ1) is 16.7. The maximum absolute atomic E-state index is 10.4. The number of aliphatic hydroxyl groups is 2. The van der Waals surface area contributed by atoms with Crippen LogP contribution in [0.15, 0.2) is 85.5 Å². The maximum atomic E-state index is 10.4. The molecule has 0 aliphatic heterocycles. The topological polar surface area (TPSA) is 94.6 Å². The number of hydrogen-bond donors (Lipinski definition) is 2. The number of rotatable bonds is 10. The molecule has 0 spiro atoms. The Bertz CT molecular complexity index is 1260. The molecule has 5 aromatic rings. The van der Waals surface area contributed by atoms with Gasteiger partial charge in [-0.25, -0.2) is 9.97 Å². The van der Waals surface area contributed by atoms with Crippen LogP contribution >= 0.6 is 0 Å². The fourth-order valence-corrected chi connectivity index (χ4v) is 3.89. The summed E-state index contributed by atoms with van der Waals surface area (Å²) in [5, 5.41) is 20.8. The van der Waals surface area contributed by atoms with E-state index in [2.05, 4.69) is 9.97 Å². The van der Waals surface area contributed by atoms with E-state index in [1.165, 1.54) is 0 Å². The van der Waals surface area contributed by atoms with E-state index in [-0.39, 0.29) is 13.2 Å². The van der Waals surface area contributed by atoms with Crippen molar-refractivity contribution in [3.05, 3.63) is 85.5 Å². The maximum Gasteiger partial charge on any atom is 0.119 e. The Morgan fingerprint density at radius 1 is 0.618 bits per heavy atom. The second-order valence-electron chi connectivity index (χ2n) is 8.17. The van der Waals surface area contributed by atoms with Crippen LogP contribution in [-0.2, 0) is 13.1 Å². The molecule has 0 amide bonds. The first-order valence-electron chi connectivity index (χ1n) is 11.2. The summed E-state index contributed by atoms with van der Waals surface area (Å²) >= 11 is 0. The second-order valence-corrected chi connectivity index (χ2v) is 8.17. The fourth-order valence-electron chi connectivity index (χ4n) is 3.89. The van der Waals surface area contributed by atoms with Crippen LogP contribution in [-0.4, -0.2) is 54.7 Å². The molecule has 0 saturated carbocycles. The summed E-state index contributed by atoms with van der Waals surface area (Å²) in [5.41, 5.74) is 3.75. The number of aliphatic hydroxyl groups excluding tert-OH is 2. The molecule has 5 rings (SSSR count).